The van der Waals surface area contributed by atoms with Crippen LogP contribution in [0, 0.1) is 17.5 Å². The van der Waals surface area contributed by atoms with Gasteiger partial charge in [-0.15, -0.1) is 0 Å². The molecule has 10 nitrogen and oxygen atoms in total. The van der Waals surface area contributed by atoms with Crippen molar-refractivity contribution in [2.75, 3.05) is 26.4 Å². The van der Waals surface area contributed by atoms with Crippen molar-refractivity contribution in [1.29, 1.82) is 0 Å². The smallest absolute Gasteiger partial charge is 0.408 e. The second-order valence-corrected chi connectivity index (χ2v) is 10.4. The van der Waals surface area contributed by atoms with E-state index in [9.17, 15) is 19.8 Å². The highest BCUT2D eigenvalue weighted by atomic mass is 19.2. The molecule has 4 rings (SSSR count). The van der Waals surface area contributed by atoms with E-state index in [-0.39, 0.29) is 32.7 Å². The van der Waals surface area contributed by atoms with Crippen LogP contribution in [0.4, 0.5) is 18.0 Å². The largest absolute Gasteiger partial charge is 0.506 e. The SMILES string of the molecule is CCOC(=O)/C(C=NC(CO)COC1CCCCO1)=C(/O)c1cc(F)c(C2(NC(=O)OCc3ccccc3)CC2)c(F)c1F. The number of halogens is 3. The molecule has 238 valence electrons. The van der Waals surface area contributed by atoms with E-state index in [0.29, 0.717) is 24.7 Å². The average Bonchev–Trinajstić information content (AvgIpc) is 3.80. The lowest BCUT2D eigenvalue weighted by Crippen LogP contribution is -2.37. The van der Waals surface area contributed by atoms with Gasteiger partial charge in [-0.2, -0.15) is 0 Å². The summed E-state index contributed by atoms with van der Waals surface area (Å²) in [5, 5.41) is 23.0. The third kappa shape index (κ3) is 8.16. The van der Waals surface area contributed by atoms with Gasteiger partial charge in [-0.3, -0.25) is 4.99 Å². The molecule has 44 heavy (non-hydrogen) atoms. The third-order valence-corrected chi connectivity index (χ3v) is 7.18. The predicted octanol–water partition coefficient (Wildman–Crippen LogP) is 4.83. The van der Waals surface area contributed by atoms with E-state index < -0.39 is 76.5 Å². The Labute approximate surface area is 252 Å². The number of nitrogens with one attached hydrogen (secondary N) is 1. The van der Waals surface area contributed by atoms with Crippen molar-refractivity contribution in [3.63, 3.8) is 0 Å². The molecular weight excluding hydrogens is 585 g/mol. The van der Waals surface area contributed by atoms with Gasteiger partial charge in [0.05, 0.1) is 42.5 Å². The number of hydrogen-bond donors (Lipinski definition) is 3. The Morgan fingerprint density at radius 3 is 2.55 bits per heavy atom. The number of aliphatic imine (C=N–C) groups is 1. The second-order valence-electron chi connectivity index (χ2n) is 10.4. The lowest BCUT2D eigenvalue weighted by Gasteiger charge is -2.23. The number of nitrogens with zero attached hydrogens (tertiary/aromatic N) is 1. The molecule has 1 saturated carbocycles. The summed E-state index contributed by atoms with van der Waals surface area (Å²) in [5.74, 6) is -6.85. The predicted molar refractivity (Wildman–Crippen MR) is 152 cm³/mol. The molecule has 2 aromatic rings. The molecule has 2 fully saturated rings. The van der Waals surface area contributed by atoms with Crippen LogP contribution in [0.1, 0.15) is 55.7 Å². The van der Waals surface area contributed by atoms with Crippen LogP contribution in [0.15, 0.2) is 47.0 Å². The molecule has 0 spiro atoms. The summed E-state index contributed by atoms with van der Waals surface area (Å²) < 4.78 is 67.4. The fourth-order valence-electron chi connectivity index (χ4n) is 4.67. The van der Waals surface area contributed by atoms with Gasteiger partial charge in [-0.25, -0.2) is 22.8 Å². The van der Waals surface area contributed by atoms with Gasteiger partial charge in [0, 0.05) is 12.8 Å². The molecule has 2 unspecified atom stereocenters. The highest BCUT2D eigenvalue weighted by Gasteiger charge is 2.51. The van der Waals surface area contributed by atoms with Crippen LogP contribution in [0.3, 0.4) is 0 Å². The van der Waals surface area contributed by atoms with Gasteiger partial charge in [-0.05, 0) is 50.7 Å². The zero-order chi connectivity index (χ0) is 31.7. The third-order valence-electron chi connectivity index (χ3n) is 7.18. The molecule has 1 heterocycles. The van der Waals surface area contributed by atoms with Crippen LogP contribution in [0.25, 0.3) is 5.76 Å². The molecule has 0 aromatic heterocycles. The molecule has 1 amide bonds. The zero-order valence-electron chi connectivity index (χ0n) is 24.2. The summed E-state index contributed by atoms with van der Waals surface area (Å²) >= 11 is 0. The molecule has 1 saturated heterocycles. The number of aliphatic hydroxyl groups excluding tert-OH is 2. The van der Waals surface area contributed by atoms with Gasteiger partial charge in [0.2, 0.25) is 0 Å². The van der Waals surface area contributed by atoms with Gasteiger partial charge in [-0.1, -0.05) is 30.3 Å². The Kier molecular flexibility index (Phi) is 11.4. The summed E-state index contributed by atoms with van der Waals surface area (Å²) in [4.78, 5) is 29.1. The van der Waals surface area contributed by atoms with Gasteiger partial charge in [0.25, 0.3) is 0 Å². The number of carbonyl (C=O) groups excluding carboxylic acids is 2. The molecule has 0 radical (unpaired) electrons. The highest BCUT2D eigenvalue weighted by molar-refractivity contribution is 6.15. The van der Waals surface area contributed by atoms with Crippen molar-refractivity contribution in [3.8, 4) is 0 Å². The number of alkyl carbamates (subject to hydrolysis) is 1. The van der Waals surface area contributed by atoms with E-state index in [1.807, 2.05) is 0 Å². The Morgan fingerprint density at radius 2 is 1.91 bits per heavy atom. The zero-order valence-corrected chi connectivity index (χ0v) is 24.2. The molecule has 0 bridgehead atoms. The lowest BCUT2D eigenvalue weighted by molar-refractivity contribution is -0.165. The molecular formula is C31H35F3N2O8. The van der Waals surface area contributed by atoms with E-state index >= 15 is 13.2 Å². The van der Waals surface area contributed by atoms with Crippen LogP contribution < -0.4 is 5.32 Å². The minimum absolute atomic E-state index is 0.0878. The minimum atomic E-state index is -1.66. The molecule has 2 aliphatic rings. The molecule has 1 aliphatic heterocycles. The van der Waals surface area contributed by atoms with Gasteiger partial charge in [0.15, 0.2) is 17.9 Å². The summed E-state index contributed by atoms with van der Waals surface area (Å²) in [6, 6.07) is 8.38. The maximum atomic E-state index is 15.4. The highest BCUT2D eigenvalue weighted by Crippen LogP contribution is 2.48. The number of rotatable bonds is 13. The van der Waals surface area contributed by atoms with E-state index in [1.54, 1.807) is 30.3 Å². The number of benzene rings is 2. The van der Waals surface area contributed by atoms with Crippen LogP contribution >= 0.6 is 0 Å². The number of ether oxygens (including phenoxy) is 4. The summed E-state index contributed by atoms with van der Waals surface area (Å²) in [7, 11) is 0. The second kappa shape index (κ2) is 15.2. The lowest BCUT2D eigenvalue weighted by atomic mass is 9.98. The first-order valence-corrected chi connectivity index (χ1v) is 14.3. The first kappa shape index (κ1) is 33.0. The number of amides is 1. The van der Waals surface area contributed by atoms with Crippen LogP contribution in [-0.2, 0) is 35.9 Å². The minimum Gasteiger partial charge on any atom is -0.506 e. The van der Waals surface area contributed by atoms with E-state index in [1.165, 1.54) is 6.92 Å². The summed E-state index contributed by atoms with van der Waals surface area (Å²) in [5.41, 5.74) is -3.26. The quantitative estimate of drug-likeness (QED) is 0.0953. The first-order chi connectivity index (χ1) is 21.2. The summed E-state index contributed by atoms with van der Waals surface area (Å²) in [6.07, 6.45) is 2.10. The van der Waals surface area contributed by atoms with Gasteiger partial charge >= 0.3 is 12.1 Å². The molecule has 1 aliphatic carbocycles. The van der Waals surface area contributed by atoms with Crippen molar-refractivity contribution < 1.29 is 51.9 Å². The Balaban J connectivity index is 1.56. The number of carbonyl (C=O) groups is 2. The maximum Gasteiger partial charge on any atom is 0.408 e. The van der Waals surface area contributed by atoms with Crippen LogP contribution in [-0.4, -0.2) is 67.2 Å². The molecule has 13 heteroatoms. The van der Waals surface area contributed by atoms with Crippen molar-refractivity contribution in [2.45, 2.75) is 63.5 Å². The number of hydrogen-bond acceptors (Lipinski definition) is 9. The Morgan fingerprint density at radius 1 is 1.16 bits per heavy atom. The number of aliphatic hydroxyl groups is 2. The Hall–Kier alpha value is -3.94. The van der Waals surface area contributed by atoms with Crippen LogP contribution in [0.5, 0.6) is 0 Å². The molecule has 3 N–H and O–H groups in total. The van der Waals surface area contributed by atoms with Crippen LogP contribution in [0.2, 0.25) is 0 Å². The summed E-state index contributed by atoms with van der Waals surface area (Å²) in [6.45, 7) is 1.20. The van der Waals surface area contributed by atoms with Crippen molar-refractivity contribution in [2.24, 2.45) is 4.99 Å². The fraction of sp³-hybridized carbons (Fsp3) is 0.452. The molecule has 2 atom stereocenters. The van der Waals surface area contributed by atoms with E-state index in [0.717, 1.165) is 19.1 Å². The fourth-order valence-corrected chi connectivity index (χ4v) is 4.67. The first-order valence-electron chi connectivity index (χ1n) is 14.3. The number of esters is 1. The average molecular weight is 621 g/mol. The topological polar surface area (TPSA) is 136 Å². The van der Waals surface area contributed by atoms with E-state index in [2.05, 4.69) is 10.3 Å². The van der Waals surface area contributed by atoms with Crippen molar-refractivity contribution in [3.05, 3.63) is 76.1 Å². The molecule has 2 aromatic carbocycles. The normalized spacial score (nSPS) is 18.8. The van der Waals surface area contributed by atoms with Gasteiger partial charge < -0.3 is 34.5 Å². The maximum absolute atomic E-state index is 15.4. The standard InChI is InChI=1S/C31H35F3N2O8/c1-2-41-29(39)22(15-35-20(16-37)18-43-24-10-6-7-13-42-24)28(38)21-14-23(32)25(27(34)26(21)33)31(11-12-31)36-30(40)44-17-19-8-4-3-5-9-19/h3-5,8-9,14-15,20,24,37-38H,2,6-7,10-13,16-18H2,1H3,(H,36,40)/b28-22+,35-15?. The van der Waals surface area contributed by atoms with Crippen molar-refractivity contribution >= 4 is 24.0 Å². The van der Waals surface area contributed by atoms with Gasteiger partial charge in [0.1, 0.15) is 23.8 Å². The van der Waals surface area contributed by atoms with E-state index in [4.69, 9.17) is 18.9 Å². The van der Waals surface area contributed by atoms with Crippen molar-refractivity contribution in [1.82, 2.24) is 5.32 Å². The Bertz CT molecular complexity index is 1380. The monoisotopic (exact) mass is 620 g/mol.